The lowest BCUT2D eigenvalue weighted by Crippen LogP contribution is -2.16. The van der Waals surface area contributed by atoms with E-state index in [4.69, 9.17) is 25.8 Å². The number of rotatable bonds is 11. The lowest BCUT2D eigenvalue weighted by Gasteiger charge is -2.20. The molecule has 0 aliphatic rings. The third-order valence-corrected chi connectivity index (χ3v) is 5.98. The topological polar surface area (TPSA) is 77.9 Å². The van der Waals surface area contributed by atoms with Gasteiger partial charge in [-0.1, -0.05) is 60.2 Å². The van der Waals surface area contributed by atoms with E-state index in [9.17, 15) is 9.90 Å². The zero-order valence-corrected chi connectivity index (χ0v) is 21.9. The Labute approximate surface area is 226 Å². The van der Waals surface area contributed by atoms with Gasteiger partial charge < -0.3 is 19.3 Å². The van der Waals surface area contributed by atoms with Crippen LogP contribution in [0.5, 0.6) is 11.5 Å². The van der Waals surface area contributed by atoms with Crippen molar-refractivity contribution < 1.29 is 24.1 Å². The summed E-state index contributed by atoms with van der Waals surface area (Å²) in [5.74, 6) is -0.427. The molecule has 0 bridgehead atoms. The molecule has 0 fully saturated rings. The average molecular weight is 530 g/mol. The minimum Gasteiger partial charge on any atom is -0.497 e. The van der Waals surface area contributed by atoms with Crippen LogP contribution in [0.4, 0.5) is 0 Å². The highest BCUT2D eigenvalue weighted by Crippen LogP contribution is 2.27. The third-order valence-electron chi connectivity index (χ3n) is 5.74. The Hall–Kier alpha value is -4.13. The quantitative estimate of drug-likeness (QED) is 0.203. The van der Waals surface area contributed by atoms with Crippen molar-refractivity contribution >= 4 is 40.6 Å². The Morgan fingerprint density at radius 1 is 1.08 bits per heavy atom. The van der Waals surface area contributed by atoms with Gasteiger partial charge in [-0.25, -0.2) is 9.78 Å². The number of pyridine rings is 1. The fourth-order valence-corrected chi connectivity index (χ4v) is 3.99. The van der Waals surface area contributed by atoms with E-state index in [-0.39, 0.29) is 17.9 Å². The summed E-state index contributed by atoms with van der Waals surface area (Å²) in [7, 11) is 1.48. The van der Waals surface area contributed by atoms with Crippen LogP contribution in [0.2, 0.25) is 5.02 Å². The van der Waals surface area contributed by atoms with Crippen molar-refractivity contribution in [1.82, 2.24) is 4.98 Å². The van der Waals surface area contributed by atoms with Gasteiger partial charge >= 0.3 is 5.97 Å². The maximum absolute atomic E-state index is 11.7. The maximum Gasteiger partial charge on any atom is 0.339 e. The molecule has 0 saturated carbocycles. The van der Waals surface area contributed by atoms with E-state index in [1.165, 1.54) is 13.2 Å². The summed E-state index contributed by atoms with van der Waals surface area (Å²) in [6.07, 6.45) is 3.46. The zero-order valence-electron chi connectivity index (χ0n) is 21.2. The number of halogens is 1. The summed E-state index contributed by atoms with van der Waals surface area (Å²) < 4.78 is 17.2. The van der Waals surface area contributed by atoms with Gasteiger partial charge in [0.15, 0.2) is 0 Å². The Bertz CT molecular complexity index is 1500. The Morgan fingerprint density at radius 3 is 2.66 bits per heavy atom. The van der Waals surface area contributed by atoms with Gasteiger partial charge in [0.25, 0.3) is 0 Å². The standard InChI is InChI=1S/C31H28ClNO5/c1-20(2)18-37-30(19-38-29-14-13-26(36-3)17-27(29)31(34)35)23-6-4-5-21(15-23)7-11-25-12-9-22-8-10-24(32)16-28(22)33-25/h4-17,30H,1,18-19H2,2-3H3,(H,34,35)/b11-7+/t30-/m1/s1. The predicted octanol–water partition coefficient (Wildman–Crippen LogP) is 7.48. The molecule has 6 nitrogen and oxygen atoms in total. The molecule has 0 aliphatic heterocycles. The van der Waals surface area contributed by atoms with Crippen LogP contribution in [0.15, 0.2) is 84.9 Å². The molecule has 1 N–H and O–H groups in total. The van der Waals surface area contributed by atoms with Crippen molar-refractivity contribution in [3.63, 3.8) is 0 Å². The summed E-state index contributed by atoms with van der Waals surface area (Å²) >= 11 is 6.12. The largest absolute Gasteiger partial charge is 0.497 e. The van der Waals surface area contributed by atoms with Crippen molar-refractivity contribution in [1.29, 1.82) is 0 Å². The number of nitrogens with zero attached hydrogens (tertiary/aromatic N) is 1. The Kier molecular flexibility index (Phi) is 8.79. The molecule has 0 unspecified atom stereocenters. The molecule has 0 amide bonds. The molecule has 0 radical (unpaired) electrons. The smallest absolute Gasteiger partial charge is 0.339 e. The molecule has 1 atom stereocenters. The first kappa shape index (κ1) is 26.9. The van der Waals surface area contributed by atoms with Gasteiger partial charge in [0, 0.05) is 10.4 Å². The van der Waals surface area contributed by atoms with Crippen LogP contribution in [0, 0.1) is 0 Å². The van der Waals surface area contributed by atoms with Gasteiger partial charge in [-0.05, 0) is 66.6 Å². The van der Waals surface area contributed by atoms with Crippen LogP contribution in [0.25, 0.3) is 23.1 Å². The number of carboxylic acids is 1. The highest BCUT2D eigenvalue weighted by molar-refractivity contribution is 6.31. The van der Waals surface area contributed by atoms with Gasteiger partial charge in [-0.2, -0.15) is 0 Å². The number of aromatic carboxylic acids is 1. The van der Waals surface area contributed by atoms with Gasteiger partial charge in [0.05, 0.1) is 24.9 Å². The third kappa shape index (κ3) is 7.00. The first-order valence-electron chi connectivity index (χ1n) is 12.0. The fraction of sp³-hybridized carbons (Fsp3) is 0.161. The van der Waals surface area contributed by atoms with Crippen molar-refractivity contribution in [2.45, 2.75) is 13.0 Å². The maximum atomic E-state index is 11.7. The molecule has 1 heterocycles. The minimum atomic E-state index is -1.10. The first-order valence-corrected chi connectivity index (χ1v) is 12.3. The van der Waals surface area contributed by atoms with Crippen LogP contribution < -0.4 is 9.47 Å². The number of aromatic nitrogens is 1. The van der Waals surface area contributed by atoms with Crippen molar-refractivity contribution in [2.75, 3.05) is 20.3 Å². The lowest BCUT2D eigenvalue weighted by atomic mass is 10.1. The molecule has 3 aromatic carbocycles. The van der Waals surface area contributed by atoms with E-state index in [1.807, 2.05) is 73.7 Å². The van der Waals surface area contributed by atoms with Crippen LogP contribution in [-0.4, -0.2) is 36.4 Å². The highest BCUT2D eigenvalue weighted by Gasteiger charge is 2.18. The number of fused-ring (bicyclic) bond motifs is 1. The predicted molar refractivity (Wildman–Crippen MR) is 151 cm³/mol. The van der Waals surface area contributed by atoms with E-state index < -0.39 is 12.1 Å². The molecule has 0 saturated heterocycles. The zero-order chi connectivity index (χ0) is 27.1. The molecule has 1 aromatic heterocycles. The minimum absolute atomic E-state index is 0.0175. The summed E-state index contributed by atoms with van der Waals surface area (Å²) in [5.41, 5.74) is 4.36. The number of methoxy groups -OCH3 is 1. The number of carboxylic acid groups (broad SMARTS) is 1. The number of hydrogen-bond donors (Lipinski definition) is 1. The van der Waals surface area contributed by atoms with Crippen LogP contribution in [0.3, 0.4) is 0 Å². The van der Waals surface area contributed by atoms with Crippen LogP contribution in [0.1, 0.15) is 40.2 Å². The Morgan fingerprint density at radius 2 is 1.89 bits per heavy atom. The van der Waals surface area contributed by atoms with E-state index in [1.54, 1.807) is 12.1 Å². The van der Waals surface area contributed by atoms with E-state index in [0.29, 0.717) is 17.4 Å². The summed E-state index contributed by atoms with van der Waals surface area (Å²) in [6, 6.07) is 22.2. The molecule has 4 rings (SSSR count). The SMILES string of the molecule is C=C(C)CO[C@H](COc1ccc(OC)cc1C(=O)O)c1cccc(/C=C/c2ccc3ccc(Cl)cc3n2)c1. The highest BCUT2D eigenvalue weighted by atomic mass is 35.5. The number of hydrogen-bond acceptors (Lipinski definition) is 5. The molecular formula is C31H28ClNO5. The molecular weight excluding hydrogens is 502 g/mol. The number of benzene rings is 3. The van der Waals surface area contributed by atoms with Crippen LogP contribution >= 0.6 is 11.6 Å². The normalized spacial score (nSPS) is 12.0. The fourth-order valence-electron chi connectivity index (χ4n) is 3.82. The summed E-state index contributed by atoms with van der Waals surface area (Å²) in [4.78, 5) is 16.4. The van der Waals surface area contributed by atoms with Gasteiger partial charge in [0.2, 0.25) is 0 Å². The van der Waals surface area contributed by atoms with Crippen molar-refractivity contribution in [3.05, 3.63) is 112 Å². The molecule has 38 heavy (non-hydrogen) atoms. The van der Waals surface area contributed by atoms with E-state index in [0.717, 1.165) is 33.3 Å². The lowest BCUT2D eigenvalue weighted by molar-refractivity contribution is 0.0314. The van der Waals surface area contributed by atoms with Gasteiger partial charge in [-0.15, -0.1) is 0 Å². The average Bonchev–Trinajstić information content (AvgIpc) is 2.91. The monoisotopic (exact) mass is 529 g/mol. The van der Waals surface area contributed by atoms with Crippen molar-refractivity contribution in [2.24, 2.45) is 0 Å². The first-order chi connectivity index (χ1) is 18.3. The summed E-state index contributed by atoms with van der Waals surface area (Å²) in [6.45, 7) is 6.25. The van der Waals surface area contributed by atoms with Crippen molar-refractivity contribution in [3.8, 4) is 11.5 Å². The molecule has 0 spiro atoms. The number of carbonyl (C=O) groups is 1. The van der Waals surface area contributed by atoms with Gasteiger partial charge in [-0.3, -0.25) is 0 Å². The Balaban J connectivity index is 1.55. The molecule has 194 valence electrons. The van der Waals surface area contributed by atoms with E-state index in [2.05, 4.69) is 11.6 Å². The summed E-state index contributed by atoms with van der Waals surface area (Å²) in [5, 5.41) is 11.3. The van der Waals surface area contributed by atoms with Gasteiger partial charge in [0.1, 0.15) is 29.8 Å². The second kappa shape index (κ2) is 12.4. The molecule has 7 heteroatoms. The second-order valence-electron chi connectivity index (χ2n) is 8.81. The van der Waals surface area contributed by atoms with Crippen LogP contribution in [-0.2, 0) is 4.74 Å². The molecule has 0 aliphatic carbocycles. The number of ether oxygens (including phenoxy) is 3. The molecule has 4 aromatic rings. The second-order valence-corrected chi connectivity index (χ2v) is 9.25. The van der Waals surface area contributed by atoms with E-state index >= 15 is 0 Å².